The van der Waals surface area contributed by atoms with Crippen molar-refractivity contribution < 1.29 is 9.18 Å². The number of nitrogen functional groups attached to an aromatic ring is 1. The lowest BCUT2D eigenvalue weighted by atomic mass is 10.1. The highest BCUT2D eigenvalue weighted by molar-refractivity contribution is 5.96. The summed E-state index contributed by atoms with van der Waals surface area (Å²) in [6.45, 7) is 1.86. The van der Waals surface area contributed by atoms with Gasteiger partial charge in [-0.15, -0.1) is 0 Å². The summed E-state index contributed by atoms with van der Waals surface area (Å²) < 4.78 is 13.4. The van der Waals surface area contributed by atoms with Gasteiger partial charge in [0.05, 0.1) is 17.8 Å². The van der Waals surface area contributed by atoms with E-state index in [0.717, 1.165) is 5.56 Å². The van der Waals surface area contributed by atoms with Gasteiger partial charge >= 0.3 is 0 Å². The lowest BCUT2D eigenvalue weighted by Crippen LogP contribution is -2.17. The van der Waals surface area contributed by atoms with Crippen LogP contribution in [-0.2, 0) is 11.2 Å². The number of carbonyl (C=O) groups is 1. The van der Waals surface area contributed by atoms with Crippen LogP contribution in [0.3, 0.4) is 0 Å². The number of anilines is 2. The fourth-order valence-corrected chi connectivity index (χ4v) is 1.86. The molecule has 3 nitrogen and oxygen atoms in total. The average molecular weight is 258 g/mol. The molecule has 2 aromatic carbocycles. The van der Waals surface area contributed by atoms with Crippen molar-refractivity contribution in [1.29, 1.82) is 0 Å². The number of para-hydroxylation sites is 1. The number of benzene rings is 2. The van der Waals surface area contributed by atoms with Crippen LogP contribution in [0.25, 0.3) is 0 Å². The molecule has 0 radical (unpaired) electrons. The number of nitrogens with two attached hydrogens (primary N) is 1. The zero-order valence-corrected chi connectivity index (χ0v) is 10.6. The lowest BCUT2D eigenvalue weighted by molar-refractivity contribution is -0.115. The maximum atomic E-state index is 13.4. The molecule has 0 heterocycles. The van der Waals surface area contributed by atoms with E-state index >= 15 is 0 Å². The minimum atomic E-state index is -0.379. The van der Waals surface area contributed by atoms with Gasteiger partial charge in [0.1, 0.15) is 5.82 Å². The molecule has 3 N–H and O–H groups in total. The number of rotatable bonds is 3. The molecule has 0 spiro atoms. The molecule has 2 rings (SSSR count). The number of hydrogen-bond donors (Lipinski definition) is 2. The number of aryl methyl sites for hydroxylation is 1. The molecule has 0 atom stereocenters. The van der Waals surface area contributed by atoms with Crippen LogP contribution in [-0.4, -0.2) is 5.91 Å². The smallest absolute Gasteiger partial charge is 0.228 e. The van der Waals surface area contributed by atoms with Crippen molar-refractivity contribution in [2.45, 2.75) is 13.3 Å². The van der Waals surface area contributed by atoms with Gasteiger partial charge in [0.25, 0.3) is 0 Å². The zero-order chi connectivity index (χ0) is 13.8. The Morgan fingerprint density at radius 2 is 1.95 bits per heavy atom. The van der Waals surface area contributed by atoms with E-state index in [9.17, 15) is 9.18 Å². The van der Waals surface area contributed by atoms with E-state index in [-0.39, 0.29) is 18.1 Å². The molecule has 0 saturated carbocycles. The van der Waals surface area contributed by atoms with Gasteiger partial charge in [0, 0.05) is 0 Å². The summed E-state index contributed by atoms with van der Waals surface area (Å²) in [5, 5.41) is 2.72. The van der Waals surface area contributed by atoms with Gasteiger partial charge in [0.2, 0.25) is 5.91 Å². The first-order chi connectivity index (χ1) is 9.08. The van der Waals surface area contributed by atoms with Crippen LogP contribution in [0.5, 0.6) is 0 Å². The average Bonchev–Trinajstić information content (AvgIpc) is 2.37. The molecule has 0 fully saturated rings. The molecule has 0 aliphatic rings. The summed E-state index contributed by atoms with van der Waals surface area (Å²) in [6, 6.07) is 11.6. The molecule has 1 amide bonds. The van der Waals surface area contributed by atoms with Crippen molar-refractivity contribution in [3.05, 3.63) is 59.4 Å². The van der Waals surface area contributed by atoms with Gasteiger partial charge in [-0.1, -0.05) is 30.3 Å². The quantitative estimate of drug-likeness (QED) is 0.832. The van der Waals surface area contributed by atoms with E-state index < -0.39 is 0 Å². The van der Waals surface area contributed by atoms with Crippen LogP contribution in [0.2, 0.25) is 0 Å². The SMILES string of the molecule is Cc1cccc(N)c1NC(=O)Cc1ccccc1F. The Hall–Kier alpha value is -2.36. The number of hydrogen-bond acceptors (Lipinski definition) is 2. The molecule has 98 valence electrons. The van der Waals surface area contributed by atoms with Crippen LogP contribution in [0, 0.1) is 12.7 Å². The second kappa shape index (κ2) is 5.52. The standard InChI is InChI=1S/C15H15FN2O/c1-10-5-4-8-13(17)15(10)18-14(19)9-11-6-2-3-7-12(11)16/h2-8H,9,17H2,1H3,(H,18,19). The molecule has 0 bridgehead atoms. The van der Waals surface area contributed by atoms with Gasteiger partial charge < -0.3 is 11.1 Å². The van der Waals surface area contributed by atoms with Crippen molar-refractivity contribution in [2.75, 3.05) is 11.1 Å². The normalized spacial score (nSPS) is 10.2. The number of halogens is 1. The summed E-state index contributed by atoms with van der Waals surface area (Å²) in [5.74, 6) is -0.665. The Bertz CT molecular complexity index is 591. The maximum Gasteiger partial charge on any atom is 0.228 e. The van der Waals surface area contributed by atoms with Crippen LogP contribution >= 0.6 is 0 Å². The van der Waals surface area contributed by atoms with E-state index in [1.807, 2.05) is 19.1 Å². The largest absolute Gasteiger partial charge is 0.397 e. The first-order valence-electron chi connectivity index (χ1n) is 5.96. The van der Waals surface area contributed by atoms with Crippen molar-refractivity contribution >= 4 is 17.3 Å². The summed E-state index contributed by atoms with van der Waals surface area (Å²) in [4.78, 5) is 11.9. The second-order valence-corrected chi connectivity index (χ2v) is 4.36. The van der Waals surface area contributed by atoms with Gasteiger partial charge in [-0.05, 0) is 30.2 Å². The first kappa shape index (κ1) is 13.1. The number of nitrogens with one attached hydrogen (secondary N) is 1. The van der Waals surface area contributed by atoms with Crippen molar-refractivity contribution in [3.8, 4) is 0 Å². The van der Waals surface area contributed by atoms with E-state index in [1.165, 1.54) is 6.07 Å². The van der Waals surface area contributed by atoms with E-state index in [4.69, 9.17) is 5.73 Å². The van der Waals surface area contributed by atoms with Crippen molar-refractivity contribution in [1.82, 2.24) is 0 Å². The molecular weight excluding hydrogens is 243 g/mol. The van der Waals surface area contributed by atoms with Gasteiger partial charge in [-0.3, -0.25) is 4.79 Å². The minimum Gasteiger partial charge on any atom is -0.397 e. The molecule has 0 saturated heterocycles. The predicted octanol–water partition coefficient (Wildman–Crippen LogP) is 2.90. The van der Waals surface area contributed by atoms with Gasteiger partial charge in [-0.2, -0.15) is 0 Å². The summed E-state index contributed by atoms with van der Waals surface area (Å²) >= 11 is 0. The highest BCUT2D eigenvalue weighted by Gasteiger charge is 2.10. The molecule has 19 heavy (non-hydrogen) atoms. The zero-order valence-electron chi connectivity index (χ0n) is 10.6. The molecule has 0 aliphatic carbocycles. The lowest BCUT2D eigenvalue weighted by Gasteiger charge is -2.11. The molecule has 0 aromatic heterocycles. The highest BCUT2D eigenvalue weighted by Crippen LogP contribution is 2.22. The van der Waals surface area contributed by atoms with Crippen LogP contribution < -0.4 is 11.1 Å². The fraction of sp³-hybridized carbons (Fsp3) is 0.133. The van der Waals surface area contributed by atoms with E-state index in [2.05, 4.69) is 5.32 Å². The Labute approximate surface area is 111 Å². The Morgan fingerprint density at radius 3 is 2.63 bits per heavy atom. The molecule has 4 heteroatoms. The first-order valence-corrected chi connectivity index (χ1v) is 5.96. The van der Waals surface area contributed by atoms with Gasteiger partial charge in [-0.25, -0.2) is 4.39 Å². The summed E-state index contributed by atoms with van der Waals surface area (Å²) in [6.07, 6.45) is -0.0134. The van der Waals surface area contributed by atoms with Crippen LogP contribution in [0.4, 0.5) is 15.8 Å². The van der Waals surface area contributed by atoms with Crippen LogP contribution in [0.1, 0.15) is 11.1 Å². The Kier molecular flexibility index (Phi) is 3.80. The third-order valence-electron chi connectivity index (χ3n) is 2.88. The van der Waals surface area contributed by atoms with Gasteiger partial charge in [0.15, 0.2) is 0 Å². The third-order valence-corrected chi connectivity index (χ3v) is 2.88. The predicted molar refractivity (Wildman–Crippen MR) is 74.3 cm³/mol. The maximum absolute atomic E-state index is 13.4. The van der Waals surface area contributed by atoms with E-state index in [1.54, 1.807) is 24.3 Å². The monoisotopic (exact) mass is 258 g/mol. The Balaban J connectivity index is 2.12. The molecule has 0 unspecified atom stereocenters. The molecule has 2 aromatic rings. The molecule has 0 aliphatic heterocycles. The topological polar surface area (TPSA) is 55.1 Å². The Morgan fingerprint density at radius 1 is 1.21 bits per heavy atom. The highest BCUT2D eigenvalue weighted by atomic mass is 19.1. The summed E-state index contributed by atoms with van der Waals surface area (Å²) in [5.41, 5.74) is 8.14. The van der Waals surface area contributed by atoms with Crippen LogP contribution in [0.15, 0.2) is 42.5 Å². The van der Waals surface area contributed by atoms with E-state index in [0.29, 0.717) is 16.9 Å². The van der Waals surface area contributed by atoms with Crippen molar-refractivity contribution in [3.63, 3.8) is 0 Å². The minimum absolute atomic E-state index is 0.0134. The fourth-order valence-electron chi connectivity index (χ4n) is 1.86. The summed E-state index contributed by atoms with van der Waals surface area (Å²) in [7, 11) is 0. The third kappa shape index (κ3) is 3.10. The number of amides is 1. The van der Waals surface area contributed by atoms with Crippen molar-refractivity contribution in [2.24, 2.45) is 0 Å². The second-order valence-electron chi connectivity index (χ2n) is 4.36. The number of carbonyl (C=O) groups excluding carboxylic acids is 1. The molecular formula is C15H15FN2O.